The molecule has 1 aliphatic rings. The molecule has 2 atom stereocenters. The molecule has 102 valence electrons. The summed E-state index contributed by atoms with van der Waals surface area (Å²) in [6, 6.07) is 0. The predicted octanol–water partition coefficient (Wildman–Crippen LogP) is 1.89. The van der Waals surface area contributed by atoms with Crippen LogP contribution in [0.4, 0.5) is 0 Å². The van der Waals surface area contributed by atoms with Crippen molar-refractivity contribution in [3.63, 3.8) is 0 Å². The molecule has 4 nitrogen and oxygen atoms in total. The molecule has 0 amide bonds. The lowest BCUT2D eigenvalue weighted by atomic mass is 9.79. The molecule has 2 unspecified atom stereocenters. The number of nitrogens with two attached hydrogens (primary N) is 1. The Labute approximate surface area is 110 Å². The molecule has 0 aromatic carbocycles. The van der Waals surface area contributed by atoms with Crippen molar-refractivity contribution in [1.29, 1.82) is 0 Å². The summed E-state index contributed by atoms with van der Waals surface area (Å²) in [4.78, 5) is 4.31. The zero-order valence-electron chi connectivity index (χ0n) is 11.6. The quantitative estimate of drug-likeness (QED) is 0.869. The lowest BCUT2D eigenvalue weighted by Gasteiger charge is -2.39. The molecule has 1 saturated carbocycles. The van der Waals surface area contributed by atoms with E-state index in [0.717, 1.165) is 37.6 Å². The van der Waals surface area contributed by atoms with Crippen LogP contribution in [0.5, 0.6) is 0 Å². The molecule has 0 radical (unpaired) electrons. The van der Waals surface area contributed by atoms with E-state index in [0.29, 0.717) is 6.54 Å². The van der Waals surface area contributed by atoms with E-state index in [9.17, 15) is 0 Å². The van der Waals surface area contributed by atoms with Crippen molar-refractivity contribution >= 4 is 0 Å². The van der Waals surface area contributed by atoms with E-state index in [2.05, 4.69) is 11.9 Å². The number of aryl methyl sites for hydroxylation is 1. The van der Waals surface area contributed by atoms with Gasteiger partial charge in [0.15, 0.2) is 0 Å². The zero-order chi connectivity index (χ0) is 13.0. The second kappa shape index (κ2) is 5.85. The van der Waals surface area contributed by atoms with Crippen LogP contribution in [0.3, 0.4) is 0 Å². The Morgan fingerprint density at radius 3 is 3.06 bits per heavy atom. The summed E-state index contributed by atoms with van der Waals surface area (Å²) >= 11 is 0. The van der Waals surface area contributed by atoms with Gasteiger partial charge in [-0.1, -0.05) is 19.8 Å². The second-order valence-corrected chi connectivity index (χ2v) is 5.64. The highest BCUT2D eigenvalue weighted by Crippen LogP contribution is 2.34. The largest absolute Gasteiger partial charge is 0.373 e. The van der Waals surface area contributed by atoms with Gasteiger partial charge < -0.3 is 15.0 Å². The fourth-order valence-electron chi connectivity index (χ4n) is 2.98. The first-order valence-electron chi connectivity index (χ1n) is 6.95. The van der Waals surface area contributed by atoms with Gasteiger partial charge in [0.25, 0.3) is 0 Å². The van der Waals surface area contributed by atoms with E-state index in [1.54, 1.807) is 0 Å². The van der Waals surface area contributed by atoms with Crippen molar-refractivity contribution < 1.29 is 4.74 Å². The molecule has 1 heterocycles. The minimum Gasteiger partial charge on any atom is -0.373 e. The molecule has 1 fully saturated rings. The maximum absolute atomic E-state index is 6.14. The van der Waals surface area contributed by atoms with Gasteiger partial charge in [-0.15, -0.1) is 0 Å². The van der Waals surface area contributed by atoms with E-state index in [4.69, 9.17) is 10.5 Å². The van der Waals surface area contributed by atoms with Gasteiger partial charge >= 0.3 is 0 Å². The topological polar surface area (TPSA) is 53.1 Å². The van der Waals surface area contributed by atoms with E-state index >= 15 is 0 Å². The first kappa shape index (κ1) is 13.6. The van der Waals surface area contributed by atoms with E-state index in [1.165, 1.54) is 12.8 Å². The van der Waals surface area contributed by atoms with Gasteiger partial charge in [-0.2, -0.15) is 0 Å². The van der Waals surface area contributed by atoms with E-state index in [1.807, 2.05) is 24.0 Å². The minimum absolute atomic E-state index is 0.0805. The Balaban J connectivity index is 1.85. The lowest BCUT2D eigenvalue weighted by molar-refractivity contribution is -0.0735. The number of hydrogen-bond donors (Lipinski definition) is 1. The van der Waals surface area contributed by atoms with Crippen LogP contribution >= 0.6 is 0 Å². The molecule has 0 spiro atoms. The fraction of sp³-hybridized carbons (Fsp3) is 0.786. The Morgan fingerprint density at radius 2 is 2.44 bits per heavy atom. The average molecular weight is 251 g/mol. The lowest BCUT2D eigenvalue weighted by Crippen LogP contribution is -2.45. The average Bonchev–Trinajstić information content (AvgIpc) is 2.75. The van der Waals surface area contributed by atoms with Crippen molar-refractivity contribution in [3.05, 3.63) is 18.2 Å². The zero-order valence-corrected chi connectivity index (χ0v) is 11.6. The standard InChI is InChI=1S/C14H25N3O/c1-12-4-3-6-14(10-12,11-15)18-9-5-13-16-7-8-17(13)2/h7-8,12H,3-6,9-11,15H2,1-2H3. The summed E-state index contributed by atoms with van der Waals surface area (Å²) in [5.74, 6) is 1.81. The number of rotatable bonds is 5. The van der Waals surface area contributed by atoms with Crippen molar-refractivity contribution in [2.45, 2.75) is 44.6 Å². The first-order valence-corrected chi connectivity index (χ1v) is 6.95. The summed E-state index contributed by atoms with van der Waals surface area (Å²) in [6.07, 6.45) is 9.41. The van der Waals surface area contributed by atoms with Crippen LogP contribution in [0.25, 0.3) is 0 Å². The number of aromatic nitrogens is 2. The molecule has 1 aromatic heterocycles. The molecule has 4 heteroatoms. The van der Waals surface area contributed by atoms with Crippen LogP contribution in [0.15, 0.2) is 12.4 Å². The van der Waals surface area contributed by atoms with Gasteiger partial charge in [-0.3, -0.25) is 0 Å². The highest BCUT2D eigenvalue weighted by Gasteiger charge is 2.34. The van der Waals surface area contributed by atoms with Gasteiger partial charge in [0.05, 0.1) is 12.2 Å². The van der Waals surface area contributed by atoms with Crippen LogP contribution in [0.2, 0.25) is 0 Å². The third-order valence-corrected chi connectivity index (χ3v) is 4.08. The SMILES string of the molecule is CC1CCCC(CN)(OCCc2nccn2C)C1. The molecular weight excluding hydrogens is 226 g/mol. The molecule has 1 aromatic rings. The monoisotopic (exact) mass is 251 g/mol. The first-order chi connectivity index (χ1) is 8.65. The summed E-state index contributed by atoms with van der Waals surface area (Å²) in [5, 5.41) is 0. The fourth-order valence-corrected chi connectivity index (χ4v) is 2.98. The molecule has 0 bridgehead atoms. The van der Waals surface area contributed by atoms with Crippen LogP contribution < -0.4 is 5.73 Å². The summed E-state index contributed by atoms with van der Waals surface area (Å²) in [5.41, 5.74) is 5.86. The number of hydrogen-bond acceptors (Lipinski definition) is 3. The van der Waals surface area contributed by atoms with Gasteiger partial charge in [0, 0.05) is 32.4 Å². The van der Waals surface area contributed by atoms with Crippen LogP contribution in [-0.2, 0) is 18.2 Å². The van der Waals surface area contributed by atoms with Gasteiger partial charge in [0.1, 0.15) is 5.82 Å². The molecule has 2 rings (SSSR count). The third kappa shape index (κ3) is 3.12. The molecule has 0 aliphatic heterocycles. The Hall–Kier alpha value is -0.870. The second-order valence-electron chi connectivity index (χ2n) is 5.64. The number of imidazole rings is 1. The highest BCUT2D eigenvalue weighted by atomic mass is 16.5. The maximum atomic E-state index is 6.14. The molecule has 18 heavy (non-hydrogen) atoms. The van der Waals surface area contributed by atoms with E-state index < -0.39 is 0 Å². The van der Waals surface area contributed by atoms with Crippen molar-refractivity contribution in [3.8, 4) is 0 Å². The Bertz CT molecular complexity index is 377. The normalized spacial score (nSPS) is 28.5. The van der Waals surface area contributed by atoms with Crippen molar-refractivity contribution in [2.24, 2.45) is 18.7 Å². The van der Waals surface area contributed by atoms with Gasteiger partial charge in [-0.25, -0.2) is 4.98 Å². The Kier molecular flexibility index (Phi) is 4.40. The molecule has 1 aliphatic carbocycles. The van der Waals surface area contributed by atoms with Crippen LogP contribution in [-0.4, -0.2) is 28.3 Å². The van der Waals surface area contributed by atoms with Crippen molar-refractivity contribution in [1.82, 2.24) is 9.55 Å². The van der Waals surface area contributed by atoms with Gasteiger partial charge in [-0.05, 0) is 18.8 Å². The number of ether oxygens (including phenoxy) is 1. The summed E-state index contributed by atoms with van der Waals surface area (Å²) < 4.78 is 8.18. The van der Waals surface area contributed by atoms with Crippen molar-refractivity contribution in [2.75, 3.05) is 13.2 Å². The Morgan fingerprint density at radius 1 is 1.61 bits per heavy atom. The number of nitrogens with zero attached hydrogens (tertiary/aromatic N) is 2. The molecular formula is C14H25N3O. The summed E-state index contributed by atoms with van der Waals surface area (Å²) in [7, 11) is 2.02. The van der Waals surface area contributed by atoms with Crippen LogP contribution in [0.1, 0.15) is 38.4 Å². The predicted molar refractivity (Wildman–Crippen MR) is 72.3 cm³/mol. The third-order valence-electron chi connectivity index (χ3n) is 4.08. The maximum Gasteiger partial charge on any atom is 0.110 e. The van der Waals surface area contributed by atoms with Crippen LogP contribution in [0, 0.1) is 5.92 Å². The summed E-state index contributed by atoms with van der Waals surface area (Å²) in [6.45, 7) is 3.65. The highest BCUT2D eigenvalue weighted by molar-refractivity contribution is 4.92. The minimum atomic E-state index is -0.0805. The smallest absolute Gasteiger partial charge is 0.110 e. The van der Waals surface area contributed by atoms with E-state index in [-0.39, 0.29) is 5.60 Å². The molecule has 0 saturated heterocycles. The molecule has 2 N–H and O–H groups in total. The van der Waals surface area contributed by atoms with Gasteiger partial charge in [0.2, 0.25) is 0 Å².